The summed E-state index contributed by atoms with van der Waals surface area (Å²) >= 11 is 0. The SMILES string of the molecule is C=C(C)C(=O)Oc1ccccc1OP1(Oc2ccccc2)=NP(Oc2ccccc2)(Oc2ccccc2OC(=O)C(=C)C)=NP(Oc2ccccc2)(Oc2ccccc2OC(=O)C(=C)C)=N1. The predicted octanol–water partition coefficient (Wildman–Crippen LogP) is 13.8. The number of ether oxygens (including phenoxy) is 3. The molecule has 6 aromatic carbocycles. The van der Waals surface area contributed by atoms with Crippen LogP contribution in [0.5, 0.6) is 51.7 Å². The van der Waals surface area contributed by atoms with E-state index in [0.717, 1.165) is 0 Å². The monoisotopic (exact) mass is 945 g/mol. The highest BCUT2D eigenvalue weighted by Crippen LogP contribution is 2.79. The van der Waals surface area contributed by atoms with Crippen LogP contribution in [0.4, 0.5) is 0 Å². The van der Waals surface area contributed by atoms with Crippen LogP contribution in [0, 0.1) is 0 Å². The van der Waals surface area contributed by atoms with Gasteiger partial charge in [0.25, 0.3) is 0 Å². The fourth-order valence-corrected chi connectivity index (χ4v) is 14.5. The first kappa shape index (κ1) is 46.4. The normalized spacial score (nSPS) is 18.2. The number of para-hydroxylation sites is 9. The summed E-state index contributed by atoms with van der Waals surface area (Å²) < 4.78 is 74.0. The van der Waals surface area contributed by atoms with Gasteiger partial charge in [0.1, 0.15) is 17.2 Å². The lowest BCUT2D eigenvalue weighted by molar-refractivity contribution is -0.131. The van der Waals surface area contributed by atoms with Crippen LogP contribution >= 0.6 is 23.0 Å². The molecule has 0 atom stereocenters. The molecule has 6 aromatic rings. The third-order valence-electron chi connectivity index (χ3n) is 8.43. The van der Waals surface area contributed by atoms with Crippen molar-refractivity contribution in [2.24, 2.45) is 13.5 Å². The van der Waals surface area contributed by atoms with E-state index in [2.05, 4.69) is 19.7 Å². The molecule has 18 heteroatoms. The van der Waals surface area contributed by atoms with Crippen molar-refractivity contribution in [2.45, 2.75) is 20.8 Å². The van der Waals surface area contributed by atoms with Crippen molar-refractivity contribution in [1.82, 2.24) is 0 Å². The number of hydrogen-bond acceptors (Lipinski definition) is 15. The lowest BCUT2D eigenvalue weighted by Gasteiger charge is -2.33. The molecule has 1 heterocycles. The van der Waals surface area contributed by atoms with Gasteiger partial charge in [0.05, 0.1) is 0 Å². The molecule has 7 rings (SSSR count). The van der Waals surface area contributed by atoms with Crippen molar-refractivity contribution in [1.29, 1.82) is 0 Å². The molecule has 336 valence electrons. The summed E-state index contributed by atoms with van der Waals surface area (Å²) in [5.41, 5.74) is 0.339. The first-order chi connectivity index (χ1) is 31.7. The average molecular weight is 946 g/mol. The Labute approximate surface area is 381 Å². The van der Waals surface area contributed by atoms with Gasteiger partial charge in [-0.25, -0.2) is 14.4 Å². The van der Waals surface area contributed by atoms with Crippen molar-refractivity contribution in [3.8, 4) is 51.7 Å². The van der Waals surface area contributed by atoms with E-state index in [-0.39, 0.29) is 68.5 Å². The van der Waals surface area contributed by atoms with E-state index in [9.17, 15) is 14.4 Å². The highest BCUT2D eigenvalue weighted by molar-refractivity contribution is 7.79. The topological polar surface area (TPSA) is 171 Å². The van der Waals surface area contributed by atoms with Gasteiger partial charge in [-0.3, -0.25) is 0 Å². The van der Waals surface area contributed by atoms with Crippen molar-refractivity contribution in [3.05, 3.63) is 200 Å². The Morgan fingerprint density at radius 3 is 0.773 bits per heavy atom. The second-order valence-electron chi connectivity index (χ2n) is 14.1. The van der Waals surface area contributed by atoms with Crippen LogP contribution in [0.25, 0.3) is 0 Å². The molecule has 0 saturated heterocycles. The summed E-state index contributed by atoms with van der Waals surface area (Å²) in [5, 5.41) is 0. The Kier molecular flexibility index (Phi) is 14.4. The zero-order chi connectivity index (χ0) is 46.7. The summed E-state index contributed by atoms with van der Waals surface area (Å²) in [7, 11) is -13.6. The molecule has 0 spiro atoms. The van der Waals surface area contributed by atoms with E-state index in [1.165, 1.54) is 57.2 Å². The van der Waals surface area contributed by atoms with Crippen LogP contribution in [-0.4, -0.2) is 17.9 Å². The van der Waals surface area contributed by atoms with Crippen LogP contribution in [0.2, 0.25) is 0 Å². The van der Waals surface area contributed by atoms with E-state index in [0.29, 0.717) is 0 Å². The first-order valence-corrected chi connectivity index (χ1v) is 24.5. The lowest BCUT2D eigenvalue weighted by atomic mass is 10.3. The van der Waals surface area contributed by atoms with E-state index in [1.54, 1.807) is 127 Å². The van der Waals surface area contributed by atoms with Crippen molar-refractivity contribution >= 4 is 40.9 Å². The Morgan fingerprint density at radius 1 is 0.333 bits per heavy atom. The zero-order valence-electron chi connectivity index (χ0n) is 35.8. The minimum Gasteiger partial charge on any atom is -0.419 e. The average Bonchev–Trinajstić information content (AvgIpc) is 3.29. The molecule has 0 saturated carbocycles. The van der Waals surface area contributed by atoms with Crippen molar-refractivity contribution < 1.29 is 55.7 Å². The maximum absolute atomic E-state index is 13.0. The predicted molar refractivity (Wildman–Crippen MR) is 252 cm³/mol. The number of carbonyl (C=O) groups is 3. The molecule has 66 heavy (non-hydrogen) atoms. The quantitative estimate of drug-likeness (QED) is 0.0346. The maximum atomic E-state index is 13.0. The fraction of sp³-hybridized carbons (Fsp3) is 0.0625. The van der Waals surface area contributed by atoms with Crippen LogP contribution in [0.1, 0.15) is 20.8 Å². The van der Waals surface area contributed by atoms with Gasteiger partial charge in [0.15, 0.2) is 34.5 Å². The molecule has 0 radical (unpaired) electrons. The minimum atomic E-state index is -4.54. The summed E-state index contributed by atoms with van der Waals surface area (Å²) in [6.07, 6.45) is 0. The number of nitrogens with zero attached hydrogens (tertiary/aromatic N) is 3. The molecule has 0 amide bonds. The molecule has 0 fully saturated rings. The van der Waals surface area contributed by atoms with Crippen LogP contribution in [-0.2, 0) is 14.4 Å². The second-order valence-corrected chi connectivity index (χ2v) is 20.3. The molecule has 15 nitrogen and oxygen atoms in total. The smallest absolute Gasteiger partial charge is 0.419 e. The standard InChI is InChI=1S/C48H42N3O12P3/c1-34(2)46(52)55-40-28-16-19-31-43(40)61-64(58-37-22-10-7-11-23-37)49-65(59-38-24-12-8-13-25-38,62-44-32-20-17-29-41(44)56-47(53)35(3)4)51-66(50-64,60-39-26-14-9-15-27-39)63-45-33-21-18-30-42(45)57-48(54)36(5)6/h7-33H,1,3,5H2,2,4,6H3. The van der Waals surface area contributed by atoms with Gasteiger partial charge in [-0.2, -0.15) is 0 Å². The van der Waals surface area contributed by atoms with Crippen molar-refractivity contribution in [3.63, 3.8) is 0 Å². The molecule has 1 aliphatic heterocycles. The van der Waals surface area contributed by atoms with Gasteiger partial charge in [0, 0.05) is 16.7 Å². The third kappa shape index (κ3) is 11.8. The minimum absolute atomic E-state index is 0.0498. The summed E-state index contributed by atoms with van der Waals surface area (Å²) in [6, 6.07) is 44.4. The molecular weight excluding hydrogens is 903 g/mol. The summed E-state index contributed by atoms with van der Waals surface area (Å²) in [5.74, 6) is -1.94. The van der Waals surface area contributed by atoms with Gasteiger partial charge in [-0.15, -0.1) is 0 Å². The molecule has 0 unspecified atom stereocenters. The molecular formula is C48H42N3O12P3. The van der Waals surface area contributed by atoms with Gasteiger partial charge in [-0.05, 0) is 93.6 Å². The van der Waals surface area contributed by atoms with E-state index in [4.69, 9.17) is 54.9 Å². The lowest BCUT2D eigenvalue weighted by Crippen LogP contribution is -2.14. The number of rotatable bonds is 18. The Morgan fingerprint density at radius 2 is 0.545 bits per heavy atom. The fourth-order valence-electron chi connectivity index (χ4n) is 5.39. The molecule has 0 N–H and O–H groups in total. The Balaban J connectivity index is 1.61. The van der Waals surface area contributed by atoms with E-state index < -0.39 is 40.9 Å². The van der Waals surface area contributed by atoms with Gasteiger partial charge < -0.3 is 41.4 Å². The molecule has 0 aromatic heterocycles. The van der Waals surface area contributed by atoms with Crippen LogP contribution in [0.3, 0.4) is 0 Å². The summed E-state index contributed by atoms with van der Waals surface area (Å²) in [6.45, 7) is 15.7. The molecule has 0 bridgehead atoms. The Bertz CT molecular complexity index is 2660. The van der Waals surface area contributed by atoms with Gasteiger partial charge in [-0.1, -0.05) is 124 Å². The summed E-state index contributed by atoms with van der Waals surface area (Å²) in [4.78, 5) is 39.1. The van der Waals surface area contributed by atoms with Gasteiger partial charge in [0.2, 0.25) is 0 Å². The highest BCUT2D eigenvalue weighted by Gasteiger charge is 2.50. The Hall–Kier alpha value is -7.56. The van der Waals surface area contributed by atoms with E-state index in [1.807, 2.05) is 0 Å². The zero-order valence-corrected chi connectivity index (χ0v) is 38.5. The second kappa shape index (κ2) is 20.5. The van der Waals surface area contributed by atoms with Gasteiger partial charge >= 0.3 is 40.9 Å². The first-order valence-electron chi connectivity index (χ1n) is 19.9. The van der Waals surface area contributed by atoms with Crippen LogP contribution < -0.4 is 41.4 Å². The number of hydrogen-bond donors (Lipinski definition) is 0. The third-order valence-corrected chi connectivity index (χ3v) is 16.5. The largest absolute Gasteiger partial charge is 0.461 e. The van der Waals surface area contributed by atoms with E-state index >= 15 is 0 Å². The number of benzene rings is 6. The maximum Gasteiger partial charge on any atom is 0.461 e. The van der Waals surface area contributed by atoms with Crippen molar-refractivity contribution in [2.75, 3.05) is 0 Å². The number of esters is 3. The molecule has 1 aliphatic rings. The number of carbonyl (C=O) groups excluding carboxylic acids is 3. The molecule has 0 aliphatic carbocycles. The highest BCUT2D eigenvalue weighted by atomic mass is 31.3. The van der Waals surface area contributed by atoms with Crippen LogP contribution in [0.15, 0.2) is 214 Å².